The first kappa shape index (κ1) is 13.5. The Morgan fingerprint density at radius 3 is 2.84 bits per heavy atom. The second-order valence-electron chi connectivity index (χ2n) is 3.82. The second kappa shape index (κ2) is 5.79. The quantitative estimate of drug-likeness (QED) is 0.809. The fourth-order valence-corrected chi connectivity index (χ4v) is 1.94. The molecule has 0 aliphatic carbocycles. The zero-order chi connectivity index (χ0) is 13.8. The zero-order valence-corrected chi connectivity index (χ0v) is 11.8. The van der Waals surface area contributed by atoms with E-state index in [1.54, 1.807) is 30.5 Å². The molecular weight excluding hydrogens is 312 g/mol. The topological polar surface area (TPSA) is 61.2 Å². The van der Waals surface area contributed by atoms with Gasteiger partial charge in [0.05, 0.1) is 29.4 Å². The Kier molecular flexibility index (Phi) is 4.11. The number of rotatable bonds is 3. The molecule has 0 bridgehead atoms. The minimum atomic E-state index is -0.432. The van der Waals surface area contributed by atoms with E-state index in [0.717, 1.165) is 0 Å². The van der Waals surface area contributed by atoms with Gasteiger partial charge >= 0.3 is 5.97 Å². The zero-order valence-electron chi connectivity index (χ0n) is 10.2. The Labute approximate surface area is 118 Å². The maximum Gasteiger partial charge on any atom is 0.339 e. The SMILES string of the molecule is COC(=O)c1ccc(Cn2cccc(Br)c2=O)nc1. The van der Waals surface area contributed by atoms with Gasteiger partial charge in [-0.3, -0.25) is 9.78 Å². The fourth-order valence-electron chi connectivity index (χ4n) is 1.56. The summed E-state index contributed by atoms with van der Waals surface area (Å²) in [4.78, 5) is 27.2. The summed E-state index contributed by atoms with van der Waals surface area (Å²) in [7, 11) is 1.32. The van der Waals surface area contributed by atoms with E-state index in [1.807, 2.05) is 0 Å². The number of esters is 1. The number of ether oxygens (including phenoxy) is 1. The van der Waals surface area contributed by atoms with Crippen LogP contribution >= 0.6 is 15.9 Å². The number of pyridine rings is 2. The lowest BCUT2D eigenvalue weighted by Gasteiger charge is -2.06. The van der Waals surface area contributed by atoms with E-state index < -0.39 is 5.97 Å². The van der Waals surface area contributed by atoms with Crippen molar-refractivity contribution in [2.24, 2.45) is 0 Å². The Hall–Kier alpha value is -1.95. The van der Waals surface area contributed by atoms with E-state index in [1.165, 1.54) is 17.9 Å². The van der Waals surface area contributed by atoms with Crippen LogP contribution in [0.2, 0.25) is 0 Å². The molecule has 2 rings (SSSR count). The molecule has 2 aromatic rings. The molecule has 0 radical (unpaired) electrons. The van der Waals surface area contributed by atoms with Crippen molar-refractivity contribution in [3.8, 4) is 0 Å². The largest absolute Gasteiger partial charge is 0.465 e. The molecule has 19 heavy (non-hydrogen) atoms. The number of halogens is 1. The number of hydrogen-bond donors (Lipinski definition) is 0. The normalized spacial score (nSPS) is 10.2. The molecule has 2 heterocycles. The van der Waals surface area contributed by atoms with Gasteiger partial charge in [0.1, 0.15) is 0 Å². The first-order valence-corrected chi connectivity index (χ1v) is 6.29. The van der Waals surface area contributed by atoms with Gasteiger partial charge in [-0.2, -0.15) is 0 Å². The summed E-state index contributed by atoms with van der Waals surface area (Å²) >= 11 is 3.18. The van der Waals surface area contributed by atoms with Gasteiger partial charge in [0.2, 0.25) is 0 Å². The number of hydrogen-bond acceptors (Lipinski definition) is 4. The standard InChI is InChI=1S/C13H11BrN2O3/c1-19-13(18)9-4-5-10(15-7-9)8-16-6-2-3-11(14)12(16)17/h2-7H,8H2,1H3. The first-order valence-electron chi connectivity index (χ1n) is 5.50. The van der Waals surface area contributed by atoms with Crippen LogP contribution in [0.4, 0.5) is 0 Å². The summed E-state index contributed by atoms with van der Waals surface area (Å²) in [6, 6.07) is 6.78. The van der Waals surface area contributed by atoms with Gasteiger partial charge in [-0.1, -0.05) is 0 Å². The van der Waals surface area contributed by atoms with Crippen molar-refractivity contribution in [1.29, 1.82) is 0 Å². The third kappa shape index (κ3) is 3.08. The molecule has 2 aromatic heterocycles. The molecule has 0 aliphatic heterocycles. The van der Waals surface area contributed by atoms with Crippen molar-refractivity contribution in [2.75, 3.05) is 7.11 Å². The Balaban J connectivity index is 2.22. The monoisotopic (exact) mass is 322 g/mol. The molecule has 0 saturated carbocycles. The van der Waals surface area contributed by atoms with Crippen LogP contribution in [-0.2, 0) is 11.3 Å². The molecule has 0 unspecified atom stereocenters. The maximum atomic E-state index is 11.8. The van der Waals surface area contributed by atoms with E-state index in [0.29, 0.717) is 22.3 Å². The van der Waals surface area contributed by atoms with Crippen molar-refractivity contribution < 1.29 is 9.53 Å². The lowest BCUT2D eigenvalue weighted by molar-refractivity contribution is 0.0600. The van der Waals surface area contributed by atoms with Crippen molar-refractivity contribution in [2.45, 2.75) is 6.54 Å². The van der Waals surface area contributed by atoms with Crippen molar-refractivity contribution in [3.05, 3.63) is 62.7 Å². The van der Waals surface area contributed by atoms with Crippen molar-refractivity contribution >= 4 is 21.9 Å². The van der Waals surface area contributed by atoms with Gasteiger partial charge in [-0.25, -0.2) is 4.79 Å². The fraction of sp³-hybridized carbons (Fsp3) is 0.154. The van der Waals surface area contributed by atoms with Crippen LogP contribution in [-0.4, -0.2) is 22.6 Å². The van der Waals surface area contributed by atoms with Crippen LogP contribution in [0.1, 0.15) is 16.1 Å². The lowest BCUT2D eigenvalue weighted by Crippen LogP contribution is -2.20. The lowest BCUT2D eigenvalue weighted by atomic mass is 10.2. The van der Waals surface area contributed by atoms with Crippen molar-refractivity contribution in [1.82, 2.24) is 9.55 Å². The first-order chi connectivity index (χ1) is 9.11. The summed E-state index contributed by atoms with van der Waals surface area (Å²) in [5.74, 6) is -0.432. The number of nitrogens with zero attached hydrogens (tertiary/aromatic N) is 2. The molecule has 0 aromatic carbocycles. The van der Waals surface area contributed by atoms with Crippen LogP contribution in [0.25, 0.3) is 0 Å². The molecule has 0 fully saturated rings. The molecule has 0 atom stereocenters. The number of carbonyl (C=O) groups excluding carboxylic acids is 1. The van der Waals surface area contributed by atoms with E-state index in [9.17, 15) is 9.59 Å². The van der Waals surface area contributed by atoms with Crippen LogP contribution in [0, 0.1) is 0 Å². The van der Waals surface area contributed by atoms with Crippen LogP contribution in [0.15, 0.2) is 45.9 Å². The second-order valence-corrected chi connectivity index (χ2v) is 4.67. The van der Waals surface area contributed by atoms with E-state index in [-0.39, 0.29) is 5.56 Å². The van der Waals surface area contributed by atoms with Crippen LogP contribution in [0.5, 0.6) is 0 Å². The Morgan fingerprint density at radius 2 is 2.21 bits per heavy atom. The minimum absolute atomic E-state index is 0.124. The van der Waals surface area contributed by atoms with Crippen LogP contribution in [0.3, 0.4) is 0 Å². The summed E-state index contributed by atoms with van der Waals surface area (Å²) in [5, 5.41) is 0. The van der Waals surface area contributed by atoms with Gasteiger partial charge in [-0.05, 0) is 40.2 Å². The average Bonchev–Trinajstić information content (AvgIpc) is 2.44. The summed E-state index contributed by atoms with van der Waals surface area (Å²) in [6.07, 6.45) is 3.12. The molecule has 98 valence electrons. The third-order valence-electron chi connectivity index (χ3n) is 2.55. The molecule has 0 aliphatic rings. The van der Waals surface area contributed by atoms with Gasteiger partial charge in [0.15, 0.2) is 0 Å². The molecule has 0 N–H and O–H groups in total. The molecule has 6 heteroatoms. The molecule has 0 saturated heterocycles. The highest BCUT2D eigenvalue weighted by atomic mass is 79.9. The van der Waals surface area contributed by atoms with Gasteiger partial charge in [0.25, 0.3) is 5.56 Å². The van der Waals surface area contributed by atoms with E-state index in [2.05, 4.69) is 25.7 Å². The van der Waals surface area contributed by atoms with Gasteiger partial charge in [-0.15, -0.1) is 0 Å². The van der Waals surface area contributed by atoms with Crippen LogP contribution < -0.4 is 5.56 Å². The summed E-state index contributed by atoms with van der Waals surface area (Å²) in [5.41, 5.74) is 0.946. The maximum absolute atomic E-state index is 11.8. The van der Waals surface area contributed by atoms with E-state index in [4.69, 9.17) is 0 Å². The number of methoxy groups -OCH3 is 1. The van der Waals surface area contributed by atoms with Gasteiger partial charge in [0, 0.05) is 12.4 Å². The summed E-state index contributed by atoms with van der Waals surface area (Å²) < 4.78 is 6.62. The van der Waals surface area contributed by atoms with Crippen molar-refractivity contribution in [3.63, 3.8) is 0 Å². The predicted octanol–water partition coefficient (Wildman–Crippen LogP) is 1.84. The average molecular weight is 323 g/mol. The third-order valence-corrected chi connectivity index (χ3v) is 3.16. The Morgan fingerprint density at radius 1 is 1.42 bits per heavy atom. The van der Waals surface area contributed by atoms with E-state index >= 15 is 0 Å². The number of carbonyl (C=O) groups is 1. The number of aromatic nitrogens is 2. The molecule has 5 nitrogen and oxygen atoms in total. The van der Waals surface area contributed by atoms with Gasteiger partial charge < -0.3 is 9.30 Å². The minimum Gasteiger partial charge on any atom is -0.465 e. The summed E-state index contributed by atoms with van der Waals surface area (Å²) in [6.45, 7) is 0.347. The highest BCUT2D eigenvalue weighted by Gasteiger charge is 2.06. The molecule has 0 spiro atoms. The highest BCUT2D eigenvalue weighted by Crippen LogP contribution is 2.05. The highest BCUT2D eigenvalue weighted by molar-refractivity contribution is 9.10. The smallest absolute Gasteiger partial charge is 0.339 e. The molecular formula is C13H11BrN2O3. The Bertz CT molecular complexity index is 650. The predicted molar refractivity (Wildman–Crippen MR) is 73.1 cm³/mol. The molecule has 0 amide bonds.